The van der Waals surface area contributed by atoms with Gasteiger partial charge in [0, 0.05) is 23.5 Å². The minimum atomic E-state index is -0.689. The third-order valence-electron chi connectivity index (χ3n) is 6.71. The van der Waals surface area contributed by atoms with Gasteiger partial charge < -0.3 is 14.9 Å². The fraction of sp³-hybridized carbons (Fsp3) is 0.269. The van der Waals surface area contributed by atoms with Gasteiger partial charge in [-0.15, -0.1) is 0 Å². The molecule has 1 amide bonds. The van der Waals surface area contributed by atoms with Gasteiger partial charge in [0.2, 0.25) is 0 Å². The molecule has 1 saturated carbocycles. The lowest BCUT2D eigenvalue weighted by atomic mass is 9.77. The first-order chi connectivity index (χ1) is 16.4. The molecule has 5 rings (SSSR count). The second-order valence-corrected chi connectivity index (χ2v) is 8.75. The summed E-state index contributed by atoms with van der Waals surface area (Å²) in [5.74, 6) is -0.790. The number of halogens is 2. The number of amides is 1. The number of imidazole rings is 1. The summed E-state index contributed by atoms with van der Waals surface area (Å²) in [6.45, 7) is 1.74. The van der Waals surface area contributed by atoms with Gasteiger partial charge in [-0.2, -0.15) is 0 Å². The zero-order valence-corrected chi connectivity index (χ0v) is 18.6. The number of aromatic nitrogens is 3. The Hall–Kier alpha value is -3.81. The maximum absolute atomic E-state index is 14.8. The molecule has 0 saturated heterocycles. The first kappa shape index (κ1) is 22.0. The quantitative estimate of drug-likeness (QED) is 0.439. The van der Waals surface area contributed by atoms with Crippen molar-refractivity contribution in [2.45, 2.75) is 38.8 Å². The molecule has 1 aliphatic rings. The first-order valence-electron chi connectivity index (χ1n) is 11.3. The zero-order valence-electron chi connectivity index (χ0n) is 18.6. The highest BCUT2D eigenvalue weighted by Crippen LogP contribution is 2.38. The third kappa shape index (κ3) is 3.89. The lowest BCUT2D eigenvalue weighted by Crippen LogP contribution is -2.38. The Balaban J connectivity index is 1.62. The molecule has 6 nitrogen and oxygen atoms in total. The van der Waals surface area contributed by atoms with Gasteiger partial charge in [-0.05, 0) is 49.4 Å². The van der Waals surface area contributed by atoms with Gasteiger partial charge in [0.25, 0.3) is 11.5 Å². The van der Waals surface area contributed by atoms with E-state index in [1.807, 2.05) is 0 Å². The number of nitrogens with one attached hydrogen (secondary N) is 2. The van der Waals surface area contributed by atoms with Crippen LogP contribution in [0.5, 0.6) is 0 Å². The van der Waals surface area contributed by atoms with E-state index in [9.17, 15) is 18.4 Å². The molecule has 2 aromatic heterocycles. The number of aromatic amines is 1. The molecule has 1 aliphatic carbocycles. The van der Waals surface area contributed by atoms with Crippen molar-refractivity contribution < 1.29 is 13.6 Å². The fourth-order valence-corrected chi connectivity index (χ4v) is 4.74. The second-order valence-electron chi connectivity index (χ2n) is 8.75. The van der Waals surface area contributed by atoms with Crippen molar-refractivity contribution in [1.82, 2.24) is 19.9 Å². The Morgan fingerprint density at radius 2 is 2.03 bits per heavy atom. The van der Waals surface area contributed by atoms with E-state index in [2.05, 4.69) is 15.3 Å². The summed E-state index contributed by atoms with van der Waals surface area (Å²) in [4.78, 5) is 34.0. The highest BCUT2D eigenvalue weighted by Gasteiger charge is 2.31. The normalized spacial score (nSPS) is 14.7. The van der Waals surface area contributed by atoms with E-state index in [1.165, 1.54) is 28.8 Å². The Kier molecular flexibility index (Phi) is 5.73. The summed E-state index contributed by atoms with van der Waals surface area (Å²) < 4.78 is 30.2. The van der Waals surface area contributed by atoms with Gasteiger partial charge in [0.1, 0.15) is 17.5 Å². The van der Waals surface area contributed by atoms with Crippen molar-refractivity contribution in [2.24, 2.45) is 5.92 Å². The van der Waals surface area contributed by atoms with E-state index < -0.39 is 17.3 Å². The molecule has 4 aromatic rings. The molecule has 2 N–H and O–H groups in total. The molecule has 2 heterocycles. The summed E-state index contributed by atoms with van der Waals surface area (Å²) >= 11 is 0. The smallest absolute Gasteiger partial charge is 0.262 e. The van der Waals surface area contributed by atoms with E-state index in [1.54, 1.807) is 37.5 Å². The van der Waals surface area contributed by atoms with Crippen LogP contribution in [0, 0.1) is 24.5 Å². The van der Waals surface area contributed by atoms with Crippen molar-refractivity contribution in [3.8, 4) is 0 Å². The lowest BCUT2D eigenvalue weighted by molar-refractivity contribution is 0.0900. The van der Waals surface area contributed by atoms with Gasteiger partial charge >= 0.3 is 0 Å². The van der Waals surface area contributed by atoms with Crippen molar-refractivity contribution in [3.63, 3.8) is 0 Å². The molecule has 0 radical (unpaired) electrons. The minimum absolute atomic E-state index is 0.0676. The molecule has 34 heavy (non-hydrogen) atoms. The average molecular weight is 463 g/mol. The largest absolute Gasteiger partial charge is 0.347 e. The van der Waals surface area contributed by atoms with Crippen molar-refractivity contribution >= 4 is 16.7 Å². The van der Waals surface area contributed by atoms with E-state index in [4.69, 9.17) is 0 Å². The van der Waals surface area contributed by atoms with E-state index in [0.717, 1.165) is 19.3 Å². The highest BCUT2D eigenvalue weighted by molar-refractivity contribution is 6.08. The van der Waals surface area contributed by atoms with Gasteiger partial charge in [0.15, 0.2) is 0 Å². The van der Waals surface area contributed by atoms with Crippen LogP contribution in [0.4, 0.5) is 8.78 Å². The maximum Gasteiger partial charge on any atom is 0.262 e. The highest BCUT2D eigenvalue weighted by atomic mass is 19.1. The molecule has 1 atom stereocenters. The average Bonchev–Trinajstić information content (AvgIpc) is 3.28. The molecule has 174 valence electrons. The number of pyridine rings is 1. The second kappa shape index (κ2) is 8.85. The van der Waals surface area contributed by atoms with Gasteiger partial charge in [0.05, 0.1) is 23.5 Å². The van der Waals surface area contributed by atoms with Crippen molar-refractivity contribution in [1.29, 1.82) is 0 Å². The predicted molar refractivity (Wildman–Crippen MR) is 125 cm³/mol. The van der Waals surface area contributed by atoms with Crippen LogP contribution in [0.2, 0.25) is 0 Å². The number of fused-ring (bicyclic) bond motifs is 1. The minimum Gasteiger partial charge on any atom is -0.347 e. The molecule has 0 aliphatic heterocycles. The number of H-pyrrole nitrogens is 1. The number of carbonyl (C=O) groups excluding carboxylic acids is 1. The Morgan fingerprint density at radius 3 is 2.71 bits per heavy atom. The number of carbonyl (C=O) groups is 1. The summed E-state index contributed by atoms with van der Waals surface area (Å²) in [6, 6.07) is 10.1. The Labute approximate surface area is 194 Å². The lowest BCUT2D eigenvalue weighted by Gasteiger charge is -2.35. The summed E-state index contributed by atoms with van der Waals surface area (Å²) in [5.41, 5.74) is 0.791. The fourth-order valence-electron chi connectivity index (χ4n) is 4.74. The van der Waals surface area contributed by atoms with Gasteiger partial charge in [-0.1, -0.05) is 30.7 Å². The van der Waals surface area contributed by atoms with Crippen molar-refractivity contribution in [2.75, 3.05) is 0 Å². The van der Waals surface area contributed by atoms with Crippen LogP contribution in [0.3, 0.4) is 0 Å². The van der Waals surface area contributed by atoms with Crippen LogP contribution in [-0.4, -0.2) is 20.4 Å². The van der Waals surface area contributed by atoms with Crippen LogP contribution >= 0.6 is 0 Å². The molecule has 1 fully saturated rings. The zero-order chi connectivity index (χ0) is 23.8. The van der Waals surface area contributed by atoms with Crippen LogP contribution < -0.4 is 10.9 Å². The summed E-state index contributed by atoms with van der Waals surface area (Å²) in [5, 5.41) is 3.18. The van der Waals surface area contributed by atoms with Crippen LogP contribution in [0.15, 0.2) is 59.7 Å². The molecule has 0 unspecified atom stereocenters. The maximum atomic E-state index is 14.8. The van der Waals surface area contributed by atoms with Gasteiger partial charge in [-0.25, -0.2) is 13.8 Å². The molecule has 8 heteroatoms. The van der Waals surface area contributed by atoms with Crippen LogP contribution in [0.25, 0.3) is 10.8 Å². The Morgan fingerprint density at radius 1 is 1.24 bits per heavy atom. The molecular formula is C26H24F2N4O2. The number of rotatable bonds is 6. The summed E-state index contributed by atoms with van der Waals surface area (Å²) in [6.07, 6.45) is 6.09. The topological polar surface area (TPSA) is 79.8 Å². The third-order valence-corrected chi connectivity index (χ3v) is 6.71. The molecule has 2 aromatic carbocycles. The van der Waals surface area contributed by atoms with E-state index >= 15 is 0 Å². The number of benzene rings is 2. The van der Waals surface area contributed by atoms with E-state index in [-0.39, 0.29) is 40.7 Å². The molecule has 0 bridgehead atoms. The van der Waals surface area contributed by atoms with E-state index in [0.29, 0.717) is 17.1 Å². The monoisotopic (exact) mass is 462 g/mol. The van der Waals surface area contributed by atoms with Crippen LogP contribution in [0.1, 0.15) is 52.7 Å². The summed E-state index contributed by atoms with van der Waals surface area (Å²) in [7, 11) is 0. The Bertz CT molecular complexity index is 1430. The van der Waals surface area contributed by atoms with Crippen LogP contribution in [-0.2, 0) is 6.54 Å². The molecular weight excluding hydrogens is 438 g/mol. The number of nitrogens with zero attached hydrogens (tertiary/aromatic N) is 2. The van der Waals surface area contributed by atoms with Gasteiger partial charge in [-0.3, -0.25) is 9.59 Å². The first-order valence-corrected chi connectivity index (χ1v) is 11.3. The van der Waals surface area contributed by atoms with Crippen molar-refractivity contribution in [3.05, 3.63) is 99.5 Å². The number of hydrogen-bond acceptors (Lipinski definition) is 3. The molecule has 0 spiro atoms. The number of hydrogen-bond donors (Lipinski definition) is 2. The SMILES string of the molecule is Cc1c(C(=O)N[C@H](c2cccc(F)c2)C2CCC2)c2cccc(F)c2c(=O)n1Cc1ncc[nH]1. The predicted octanol–water partition coefficient (Wildman–Crippen LogP) is 4.63. The standard InChI is InChI=1S/C26H24F2N4O2/c1-15-22(25(33)31-24(16-5-2-6-16)17-7-3-8-18(27)13-17)19-9-4-10-20(28)23(19)26(34)32(15)14-21-29-11-12-30-21/h3-4,7-13,16,24H,2,5-6,14H2,1H3,(H,29,30)(H,31,33)/t24-/m0/s1.